The van der Waals surface area contributed by atoms with Gasteiger partial charge in [-0.1, -0.05) is 0 Å². The quantitative estimate of drug-likeness (QED) is 0.129. The standard InChI is InChI=1S/C14H23N3O10.Fe.H3N/c18-10(19)5-15(1-3-16(6-11(20)21)7-12(22)23)2-4-17(8-13(24)25)9-14(26)27;;/h1-9H2,(H,18,19)(H,20,21)(H,22,23)(H,24,25)(H,26,27);;1H3. The van der Waals surface area contributed by atoms with Crippen LogP contribution < -0.4 is 6.15 Å². The van der Waals surface area contributed by atoms with Crippen LogP contribution in [-0.4, -0.2) is 129 Å². The molecule has 0 fully saturated rings. The van der Waals surface area contributed by atoms with E-state index in [1.165, 1.54) is 4.90 Å². The summed E-state index contributed by atoms with van der Waals surface area (Å²) in [5.74, 6) is -6.16. The molecular weight excluding hydrogens is 440 g/mol. The molecule has 0 aliphatic carbocycles. The number of nitrogens with zero attached hydrogens (tertiary/aromatic N) is 3. The van der Waals surface area contributed by atoms with Gasteiger partial charge in [0.15, 0.2) is 0 Å². The van der Waals surface area contributed by atoms with Gasteiger partial charge in [0.2, 0.25) is 0 Å². The minimum atomic E-state index is -1.24. The van der Waals surface area contributed by atoms with Crippen molar-refractivity contribution in [3.63, 3.8) is 0 Å². The number of aliphatic carboxylic acids is 5. The Kier molecular flexibility index (Phi) is 18.0. The predicted molar refractivity (Wildman–Crippen MR) is 92.5 cm³/mol. The van der Waals surface area contributed by atoms with E-state index in [1.54, 1.807) is 0 Å². The molecule has 0 heterocycles. The van der Waals surface area contributed by atoms with E-state index in [2.05, 4.69) is 0 Å². The fraction of sp³-hybridized carbons (Fsp3) is 0.643. The van der Waals surface area contributed by atoms with Crippen molar-refractivity contribution in [2.75, 3.05) is 58.9 Å². The summed E-state index contributed by atoms with van der Waals surface area (Å²) in [6.45, 7) is -2.74. The molecule has 0 saturated carbocycles. The van der Waals surface area contributed by atoms with Crippen LogP contribution in [0.2, 0.25) is 0 Å². The van der Waals surface area contributed by atoms with Gasteiger partial charge in [-0.2, -0.15) is 0 Å². The fourth-order valence-corrected chi connectivity index (χ4v) is 2.22. The molecule has 0 rings (SSSR count). The van der Waals surface area contributed by atoms with Crippen molar-refractivity contribution in [2.24, 2.45) is 0 Å². The summed E-state index contributed by atoms with van der Waals surface area (Å²) in [6.07, 6.45) is 0. The summed E-state index contributed by atoms with van der Waals surface area (Å²) >= 11 is 0. The molecule has 0 aromatic heterocycles. The van der Waals surface area contributed by atoms with E-state index in [9.17, 15) is 24.0 Å². The third-order valence-electron chi connectivity index (χ3n) is 3.26. The summed E-state index contributed by atoms with van der Waals surface area (Å²) in [7, 11) is 0. The van der Waals surface area contributed by atoms with Crippen LogP contribution in [0, 0.1) is 0 Å². The van der Waals surface area contributed by atoms with Crippen molar-refractivity contribution in [3.8, 4) is 0 Å². The average Bonchev–Trinajstić information content (AvgIpc) is 2.46. The van der Waals surface area contributed by atoms with E-state index in [4.69, 9.17) is 25.5 Å². The monoisotopic (exact) mass is 466 g/mol. The topological polar surface area (TPSA) is 231 Å². The van der Waals surface area contributed by atoms with Crippen LogP contribution in [0.1, 0.15) is 0 Å². The van der Waals surface area contributed by atoms with Crippen molar-refractivity contribution < 1.29 is 66.6 Å². The predicted octanol–water partition coefficient (Wildman–Crippen LogP) is -2.53. The van der Waals surface area contributed by atoms with E-state index in [0.29, 0.717) is 0 Å². The van der Waals surface area contributed by atoms with Crippen LogP contribution in [0.15, 0.2) is 0 Å². The molecule has 14 nitrogen and oxygen atoms in total. The van der Waals surface area contributed by atoms with Gasteiger partial charge in [0.1, 0.15) is 0 Å². The Labute approximate surface area is 176 Å². The summed E-state index contributed by atoms with van der Waals surface area (Å²) < 4.78 is 0. The zero-order valence-electron chi connectivity index (χ0n) is 15.5. The maximum atomic E-state index is 11.0. The van der Waals surface area contributed by atoms with Crippen LogP contribution >= 0.6 is 0 Å². The molecule has 15 heteroatoms. The number of carbonyl (C=O) groups is 5. The van der Waals surface area contributed by atoms with Crippen LogP contribution in [0.3, 0.4) is 0 Å². The molecule has 0 aromatic rings. The van der Waals surface area contributed by atoms with E-state index in [0.717, 1.165) is 9.80 Å². The van der Waals surface area contributed by atoms with E-state index in [1.807, 2.05) is 0 Å². The van der Waals surface area contributed by atoms with Gasteiger partial charge in [0.25, 0.3) is 0 Å². The molecule has 170 valence electrons. The summed E-state index contributed by atoms with van der Waals surface area (Å²) in [4.78, 5) is 57.6. The Balaban J connectivity index is -0.00000338. The maximum absolute atomic E-state index is 11.0. The first-order chi connectivity index (χ1) is 12.5. The zero-order chi connectivity index (χ0) is 21.0. The summed E-state index contributed by atoms with van der Waals surface area (Å²) in [6, 6.07) is 0. The minimum absolute atomic E-state index is 0. The molecule has 0 bridgehead atoms. The van der Waals surface area contributed by atoms with E-state index >= 15 is 0 Å². The van der Waals surface area contributed by atoms with Crippen molar-refractivity contribution in [3.05, 3.63) is 0 Å². The second-order valence-electron chi connectivity index (χ2n) is 5.67. The first kappa shape index (κ1) is 31.4. The SMILES string of the molecule is N.O=C(O)CN(CCN(CC(=O)O)CC(=O)O)CCN(CC(=O)O)CC(=O)O.[Fe]. The normalized spacial score (nSPS) is 10.3. The van der Waals surface area contributed by atoms with Crippen molar-refractivity contribution in [2.45, 2.75) is 0 Å². The average molecular weight is 466 g/mol. The summed E-state index contributed by atoms with van der Waals surface area (Å²) in [5.41, 5.74) is 0. The van der Waals surface area contributed by atoms with Gasteiger partial charge in [-0.3, -0.25) is 38.7 Å². The van der Waals surface area contributed by atoms with Crippen molar-refractivity contribution >= 4 is 29.8 Å². The van der Waals surface area contributed by atoms with Gasteiger partial charge >= 0.3 is 29.8 Å². The van der Waals surface area contributed by atoms with Gasteiger partial charge in [0, 0.05) is 43.2 Å². The molecule has 0 unspecified atom stereocenters. The van der Waals surface area contributed by atoms with Gasteiger partial charge in [-0.05, 0) is 0 Å². The van der Waals surface area contributed by atoms with Crippen molar-refractivity contribution in [1.82, 2.24) is 20.9 Å². The molecule has 8 N–H and O–H groups in total. The zero-order valence-corrected chi connectivity index (χ0v) is 16.6. The Hall–Kier alpha value is -2.29. The van der Waals surface area contributed by atoms with Gasteiger partial charge in [-0.15, -0.1) is 0 Å². The Bertz CT molecular complexity index is 491. The Morgan fingerprint density at radius 3 is 0.828 bits per heavy atom. The molecule has 0 aromatic carbocycles. The number of rotatable bonds is 16. The molecule has 0 spiro atoms. The molecule has 0 aliphatic heterocycles. The first-order valence-electron chi connectivity index (χ1n) is 7.75. The first-order valence-corrected chi connectivity index (χ1v) is 7.75. The molecule has 0 atom stereocenters. The Morgan fingerprint density at radius 2 is 0.621 bits per heavy atom. The molecule has 0 aliphatic rings. The molecule has 29 heavy (non-hydrogen) atoms. The molecule has 0 radical (unpaired) electrons. The number of hydrogen-bond acceptors (Lipinski definition) is 9. The smallest absolute Gasteiger partial charge is 0.317 e. The van der Waals surface area contributed by atoms with Crippen LogP contribution in [0.25, 0.3) is 0 Å². The largest absolute Gasteiger partial charge is 0.480 e. The molecule has 0 amide bonds. The molecule has 0 saturated heterocycles. The Morgan fingerprint density at radius 1 is 0.448 bits per heavy atom. The van der Waals surface area contributed by atoms with Gasteiger partial charge < -0.3 is 31.7 Å². The van der Waals surface area contributed by atoms with Crippen molar-refractivity contribution in [1.29, 1.82) is 0 Å². The van der Waals surface area contributed by atoms with Crippen LogP contribution in [0.4, 0.5) is 0 Å². The minimum Gasteiger partial charge on any atom is -0.480 e. The second kappa shape index (κ2) is 16.6. The van der Waals surface area contributed by atoms with Gasteiger partial charge in [-0.25, -0.2) is 0 Å². The van der Waals surface area contributed by atoms with E-state index in [-0.39, 0.29) is 49.4 Å². The number of carboxylic acids is 5. The third kappa shape index (κ3) is 18.8. The molecular formula is C14H26FeN4O10. The van der Waals surface area contributed by atoms with Crippen LogP contribution in [0.5, 0.6) is 0 Å². The van der Waals surface area contributed by atoms with Gasteiger partial charge in [0.05, 0.1) is 32.7 Å². The van der Waals surface area contributed by atoms with Crippen LogP contribution in [-0.2, 0) is 41.0 Å². The van der Waals surface area contributed by atoms with E-state index < -0.39 is 62.6 Å². The summed E-state index contributed by atoms with van der Waals surface area (Å²) in [5, 5.41) is 44.1. The fourth-order valence-electron chi connectivity index (χ4n) is 2.22. The number of hydrogen-bond donors (Lipinski definition) is 6. The maximum Gasteiger partial charge on any atom is 0.317 e. The second-order valence-corrected chi connectivity index (χ2v) is 5.67. The third-order valence-corrected chi connectivity index (χ3v) is 3.26. The number of carboxylic acid groups (broad SMARTS) is 5.